The highest BCUT2D eigenvalue weighted by Crippen LogP contribution is 2.20. The number of halogens is 1. The number of aromatic nitrogens is 1. The lowest BCUT2D eigenvalue weighted by Crippen LogP contribution is -2.49. The minimum Gasteiger partial charge on any atom is -0.369 e. The van der Waals surface area contributed by atoms with Gasteiger partial charge in [0.2, 0.25) is 11.8 Å². The molecule has 7 heteroatoms. The van der Waals surface area contributed by atoms with E-state index in [2.05, 4.69) is 10.3 Å². The monoisotopic (exact) mass is 332 g/mol. The molecule has 128 valence electrons. The highest BCUT2D eigenvalue weighted by molar-refractivity contribution is 5.89. The normalized spacial score (nSPS) is 18.6. The highest BCUT2D eigenvalue weighted by atomic mass is 19.1. The molecule has 1 aliphatic rings. The molecule has 1 aromatic carbocycles. The van der Waals surface area contributed by atoms with Crippen LogP contribution in [0.15, 0.2) is 24.4 Å². The number of nitrogens with zero attached hydrogens (tertiary/aromatic N) is 1. The Labute approximate surface area is 139 Å². The average molecular weight is 332 g/mol. The number of carbonyl (C=O) groups is 2. The molecule has 2 aromatic rings. The maximum Gasteiger partial charge on any atom is 0.231 e. The van der Waals surface area contributed by atoms with Crippen LogP contribution < -0.4 is 11.1 Å². The molecule has 1 aromatic heterocycles. The van der Waals surface area contributed by atoms with Crippen LogP contribution in [0, 0.1) is 5.82 Å². The Morgan fingerprint density at radius 1 is 1.42 bits per heavy atom. The highest BCUT2D eigenvalue weighted by Gasteiger charge is 2.22. The summed E-state index contributed by atoms with van der Waals surface area (Å²) in [6.45, 7) is 1.68. The van der Waals surface area contributed by atoms with Gasteiger partial charge in [-0.1, -0.05) is 0 Å². The first-order chi connectivity index (χ1) is 11.5. The lowest BCUT2D eigenvalue weighted by atomic mass is 10.0. The van der Waals surface area contributed by atoms with Crippen LogP contribution in [0.25, 0.3) is 10.9 Å². The van der Waals surface area contributed by atoms with Crippen LogP contribution in [0.5, 0.6) is 0 Å². The van der Waals surface area contributed by atoms with Crippen molar-refractivity contribution in [3.63, 3.8) is 0 Å². The zero-order chi connectivity index (χ0) is 17.1. The number of hydrogen-bond donors (Lipinski definition) is 3. The largest absolute Gasteiger partial charge is 0.369 e. The Morgan fingerprint density at radius 3 is 3.04 bits per heavy atom. The number of nitrogens with one attached hydrogen (secondary N) is 2. The molecule has 1 atom stereocenters. The number of fused-ring (bicyclic) bond motifs is 1. The number of carbonyl (C=O) groups excluding carboxylic acids is 2. The zero-order valence-electron chi connectivity index (χ0n) is 13.3. The molecule has 1 unspecified atom stereocenters. The van der Waals surface area contributed by atoms with Gasteiger partial charge in [0.15, 0.2) is 0 Å². The molecule has 2 amide bonds. The van der Waals surface area contributed by atoms with Gasteiger partial charge in [-0.15, -0.1) is 0 Å². The summed E-state index contributed by atoms with van der Waals surface area (Å²) in [6, 6.07) is 4.51. The van der Waals surface area contributed by atoms with Crippen LogP contribution in [0.2, 0.25) is 0 Å². The van der Waals surface area contributed by atoms with Crippen molar-refractivity contribution in [1.29, 1.82) is 0 Å². The van der Waals surface area contributed by atoms with Gasteiger partial charge in [-0.3, -0.25) is 14.5 Å². The Morgan fingerprint density at radius 2 is 2.25 bits per heavy atom. The van der Waals surface area contributed by atoms with E-state index in [1.807, 2.05) is 4.90 Å². The van der Waals surface area contributed by atoms with Gasteiger partial charge in [0, 0.05) is 29.7 Å². The molecule has 0 saturated carbocycles. The summed E-state index contributed by atoms with van der Waals surface area (Å²) in [5.74, 6) is -0.740. The maximum absolute atomic E-state index is 13.2. The van der Waals surface area contributed by atoms with Crippen molar-refractivity contribution in [2.24, 2.45) is 5.73 Å². The second-order valence-corrected chi connectivity index (χ2v) is 6.29. The van der Waals surface area contributed by atoms with Crippen molar-refractivity contribution in [3.05, 3.63) is 35.8 Å². The summed E-state index contributed by atoms with van der Waals surface area (Å²) < 4.78 is 13.2. The number of primary amides is 1. The molecule has 0 spiro atoms. The second-order valence-electron chi connectivity index (χ2n) is 6.29. The molecule has 2 heterocycles. The van der Waals surface area contributed by atoms with Crippen LogP contribution in [0.4, 0.5) is 4.39 Å². The van der Waals surface area contributed by atoms with Crippen LogP contribution in [0.1, 0.15) is 18.4 Å². The molecule has 6 nitrogen and oxygen atoms in total. The topological polar surface area (TPSA) is 91.2 Å². The summed E-state index contributed by atoms with van der Waals surface area (Å²) in [4.78, 5) is 28.3. The summed E-state index contributed by atoms with van der Waals surface area (Å²) in [5.41, 5.74) is 6.75. The van der Waals surface area contributed by atoms with E-state index in [0.29, 0.717) is 12.1 Å². The molecule has 0 radical (unpaired) electrons. The number of benzene rings is 1. The summed E-state index contributed by atoms with van der Waals surface area (Å²) >= 11 is 0. The van der Waals surface area contributed by atoms with E-state index in [1.165, 1.54) is 12.1 Å². The average Bonchev–Trinajstić information content (AvgIpc) is 2.88. The summed E-state index contributed by atoms with van der Waals surface area (Å²) in [5, 5.41) is 3.87. The van der Waals surface area contributed by atoms with Gasteiger partial charge < -0.3 is 16.0 Å². The number of piperidine rings is 1. The standard InChI is InChI=1S/C17H21FN4O2/c18-12-3-4-14-11(8-20-15(14)7-12)6-17(24)21-13-2-1-5-22(9-13)10-16(19)23/h3-4,7-8,13,20H,1-2,5-6,9-10H2,(H2,19,23)(H,21,24). The summed E-state index contributed by atoms with van der Waals surface area (Å²) in [6.07, 6.45) is 3.78. The molecule has 0 aliphatic carbocycles. The van der Waals surface area contributed by atoms with Gasteiger partial charge >= 0.3 is 0 Å². The van der Waals surface area contributed by atoms with Crippen molar-refractivity contribution in [3.8, 4) is 0 Å². The van der Waals surface area contributed by atoms with Crippen molar-refractivity contribution >= 4 is 22.7 Å². The number of rotatable bonds is 5. The molecular weight excluding hydrogens is 311 g/mol. The third-order valence-electron chi connectivity index (χ3n) is 4.33. The van der Waals surface area contributed by atoms with E-state index < -0.39 is 0 Å². The van der Waals surface area contributed by atoms with Gasteiger partial charge in [-0.05, 0) is 43.1 Å². The zero-order valence-corrected chi connectivity index (χ0v) is 13.3. The first kappa shape index (κ1) is 16.4. The van der Waals surface area contributed by atoms with Gasteiger partial charge in [0.1, 0.15) is 5.82 Å². The fourth-order valence-electron chi connectivity index (χ4n) is 3.29. The van der Waals surface area contributed by atoms with Crippen molar-refractivity contribution in [2.45, 2.75) is 25.3 Å². The molecule has 1 aliphatic heterocycles. The predicted molar refractivity (Wildman–Crippen MR) is 88.8 cm³/mol. The van der Waals surface area contributed by atoms with Crippen LogP contribution >= 0.6 is 0 Å². The quantitative estimate of drug-likeness (QED) is 0.760. The van der Waals surface area contributed by atoms with E-state index in [9.17, 15) is 14.0 Å². The van der Waals surface area contributed by atoms with E-state index in [1.54, 1.807) is 12.3 Å². The number of nitrogens with two attached hydrogens (primary N) is 1. The first-order valence-corrected chi connectivity index (χ1v) is 8.07. The molecule has 1 saturated heterocycles. The van der Waals surface area contributed by atoms with E-state index in [4.69, 9.17) is 5.73 Å². The predicted octanol–water partition coefficient (Wildman–Crippen LogP) is 0.915. The molecule has 1 fully saturated rings. The molecular formula is C17H21FN4O2. The van der Waals surface area contributed by atoms with Crippen molar-refractivity contribution in [2.75, 3.05) is 19.6 Å². The molecule has 3 rings (SSSR count). The van der Waals surface area contributed by atoms with Gasteiger partial charge in [-0.2, -0.15) is 0 Å². The Bertz CT molecular complexity index is 758. The fourth-order valence-corrected chi connectivity index (χ4v) is 3.29. The molecule has 24 heavy (non-hydrogen) atoms. The van der Waals surface area contributed by atoms with E-state index in [-0.39, 0.29) is 36.6 Å². The SMILES string of the molecule is NC(=O)CN1CCCC(NC(=O)Cc2c[nH]c3cc(F)ccc23)C1. The van der Waals surface area contributed by atoms with Crippen LogP contribution in [0.3, 0.4) is 0 Å². The molecule has 4 N–H and O–H groups in total. The van der Waals surface area contributed by atoms with Crippen molar-refractivity contribution < 1.29 is 14.0 Å². The number of likely N-dealkylation sites (tertiary alicyclic amines) is 1. The van der Waals surface area contributed by atoms with Gasteiger partial charge in [0.05, 0.1) is 13.0 Å². The number of amides is 2. The van der Waals surface area contributed by atoms with Gasteiger partial charge in [-0.25, -0.2) is 4.39 Å². The number of aromatic amines is 1. The van der Waals surface area contributed by atoms with E-state index >= 15 is 0 Å². The van der Waals surface area contributed by atoms with Crippen LogP contribution in [-0.4, -0.2) is 47.4 Å². The maximum atomic E-state index is 13.2. The van der Waals surface area contributed by atoms with Gasteiger partial charge in [0.25, 0.3) is 0 Å². The fraction of sp³-hybridized carbons (Fsp3) is 0.412. The Hall–Kier alpha value is -2.41. The minimum atomic E-state index is -0.354. The molecule has 0 bridgehead atoms. The smallest absolute Gasteiger partial charge is 0.231 e. The summed E-state index contributed by atoms with van der Waals surface area (Å²) in [7, 11) is 0. The van der Waals surface area contributed by atoms with Crippen LogP contribution in [-0.2, 0) is 16.0 Å². The minimum absolute atomic E-state index is 0.0215. The third kappa shape index (κ3) is 3.91. The third-order valence-corrected chi connectivity index (χ3v) is 4.33. The first-order valence-electron chi connectivity index (χ1n) is 8.07. The second kappa shape index (κ2) is 7.00. The number of hydrogen-bond acceptors (Lipinski definition) is 3. The Balaban J connectivity index is 1.59. The number of H-pyrrole nitrogens is 1. The lowest BCUT2D eigenvalue weighted by Gasteiger charge is -2.32. The van der Waals surface area contributed by atoms with E-state index in [0.717, 1.165) is 30.3 Å². The lowest BCUT2D eigenvalue weighted by molar-refractivity contribution is -0.121. The van der Waals surface area contributed by atoms with Crippen molar-refractivity contribution in [1.82, 2.24) is 15.2 Å². The Kier molecular flexibility index (Phi) is 4.80.